The topological polar surface area (TPSA) is 0 Å². The molecular formula is C11H18P+. The van der Waals surface area contributed by atoms with Crippen molar-refractivity contribution in [1.82, 2.24) is 0 Å². The van der Waals surface area contributed by atoms with Gasteiger partial charge in [0.1, 0.15) is 10.3 Å². The van der Waals surface area contributed by atoms with Gasteiger partial charge in [-0.15, -0.1) is 0 Å². The third-order valence-corrected chi connectivity index (χ3v) is 12.3. The lowest BCUT2D eigenvalue weighted by atomic mass is 9.91. The zero-order valence-corrected chi connectivity index (χ0v) is 9.20. The van der Waals surface area contributed by atoms with Crippen LogP contribution in [-0.4, -0.2) is 23.1 Å². The maximum absolute atomic E-state index is 4.09. The molecule has 0 aromatic heterocycles. The summed E-state index contributed by atoms with van der Waals surface area (Å²) in [6, 6.07) is 0. The molecule has 4 fully saturated rings. The molecule has 0 amide bonds. The lowest BCUT2D eigenvalue weighted by Gasteiger charge is -2.07. The Bertz CT molecular complexity index is 285. The van der Waals surface area contributed by atoms with E-state index in [0.29, 0.717) is 5.16 Å². The first-order valence-electron chi connectivity index (χ1n) is 5.03. The number of allylic oxidation sites excluding steroid dienone is 1. The number of hydrogen-bond donors (Lipinski definition) is 0. The highest BCUT2D eigenvalue weighted by Gasteiger charge is 2.99. The second-order valence-electron chi connectivity index (χ2n) is 5.40. The number of hydrogen-bond acceptors (Lipinski definition) is 0. The van der Waals surface area contributed by atoms with Crippen molar-refractivity contribution in [3.8, 4) is 0 Å². The SMILES string of the molecule is C=CC12CC3C[P+]1(C)C2(C)C3C. The summed E-state index contributed by atoms with van der Waals surface area (Å²) in [7, 11) is -0.561. The van der Waals surface area contributed by atoms with E-state index in [4.69, 9.17) is 0 Å². The highest BCUT2D eigenvalue weighted by Crippen LogP contribution is 3.07. The van der Waals surface area contributed by atoms with Crippen LogP contribution < -0.4 is 0 Å². The maximum atomic E-state index is 4.09. The largest absolute Gasteiger partial charge is 0.137 e. The summed E-state index contributed by atoms with van der Waals surface area (Å²) in [6.45, 7) is 11.7. The van der Waals surface area contributed by atoms with Gasteiger partial charge < -0.3 is 0 Å². The molecule has 0 nitrogen and oxygen atoms in total. The fourth-order valence-electron chi connectivity index (χ4n) is 4.84. The molecule has 3 saturated heterocycles. The minimum absolute atomic E-state index is 0.561. The molecule has 5 atom stereocenters. The zero-order valence-electron chi connectivity index (χ0n) is 8.30. The second-order valence-corrected chi connectivity index (χ2v) is 9.88. The van der Waals surface area contributed by atoms with Gasteiger partial charge in [0.2, 0.25) is 0 Å². The highest BCUT2D eigenvalue weighted by atomic mass is 31.2. The van der Waals surface area contributed by atoms with E-state index in [9.17, 15) is 0 Å². The third-order valence-electron chi connectivity index (χ3n) is 5.84. The Balaban J connectivity index is 2.21. The Morgan fingerprint density at radius 2 is 2.25 bits per heavy atom. The first-order valence-corrected chi connectivity index (χ1v) is 7.45. The predicted molar refractivity (Wildman–Crippen MR) is 56.3 cm³/mol. The molecule has 3 heterocycles. The van der Waals surface area contributed by atoms with Crippen LogP contribution >= 0.6 is 7.26 Å². The van der Waals surface area contributed by atoms with Crippen molar-refractivity contribution in [2.75, 3.05) is 12.8 Å². The van der Waals surface area contributed by atoms with Gasteiger partial charge in [0.25, 0.3) is 0 Å². The highest BCUT2D eigenvalue weighted by molar-refractivity contribution is 7.87. The minimum atomic E-state index is -0.561. The Kier molecular flexibility index (Phi) is 0.986. The van der Waals surface area contributed by atoms with Gasteiger partial charge >= 0.3 is 0 Å². The van der Waals surface area contributed by atoms with E-state index in [-0.39, 0.29) is 0 Å². The van der Waals surface area contributed by atoms with Crippen molar-refractivity contribution in [1.29, 1.82) is 0 Å². The average molecular weight is 181 g/mol. The molecule has 0 N–H and O–H groups in total. The van der Waals surface area contributed by atoms with Gasteiger partial charge in [0, 0.05) is 25.5 Å². The molecular weight excluding hydrogens is 163 g/mol. The Morgan fingerprint density at radius 1 is 1.58 bits per heavy atom. The van der Waals surface area contributed by atoms with E-state index in [0.717, 1.165) is 17.0 Å². The van der Waals surface area contributed by atoms with Crippen LogP contribution in [0.1, 0.15) is 20.3 Å². The quantitative estimate of drug-likeness (QED) is 0.431. The van der Waals surface area contributed by atoms with Gasteiger partial charge in [0.05, 0.1) is 12.8 Å². The molecule has 0 radical (unpaired) electrons. The molecule has 1 saturated carbocycles. The van der Waals surface area contributed by atoms with Crippen LogP contribution in [0, 0.1) is 11.8 Å². The molecule has 4 rings (SSSR count). The van der Waals surface area contributed by atoms with E-state index in [1.807, 2.05) is 0 Å². The fourth-order valence-corrected chi connectivity index (χ4v) is 12.0. The predicted octanol–water partition coefficient (Wildman–Crippen LogP) is 3.00. The minimum Gasteiger partial charge on any atom is -0.0988 e. The van der Waals surface area contributed by atoms with Crippen LogP contribution in [0.4, 0.5) is 0 Å². The van der Waals surface area contributed by atoms with Gasteiger partial charge in [-0.1, -0.05) is 13.5 Å². The van der Waals surface area contributed by atoms with E-state index < -0.39 is 7.26 Å². The molecule has 1 aliphatic carbocycles. The first kappa shape index (κ1) is 7.56. The van der Waals surface area contributed by atoms with Crippen LogP contribution in [0.25, 0.3) is 0 Å². The standard InChI is InChI=1S/C11H18P/c1-5-11-6-9-7-12(11,4)10(11,3)8(9)2/h5,8-9H,1,6-7H2,2-4H3/q+1. The number of rotatable bonds is 1. The summed E-state index contributed by atoms with van der Waals surface area (Å²) in [6.07, 6.45) is 5.39. The van der Waals surface area contributed by atoms with E-state index in [1.54, 1.807) is 6.16 Å². The van der Waals surface area contributed by atoms with Gasteiger partial charge in [-0.3, -0.25) is 0 Å². The Morgan fingerprint density at radius 3 is 2.42 bits per heavy atom. The Labute approximate surface area is 75.8 Å². The van der Waals surface area contributed by atoms with E-state index >= 15 is 0 Å². The molecule has 66 valence electrons. The molecule has 4 bridgehead atoms. The molecule has 3 aliphatic heterocycles. The summed E-state index contributed by atoms with van der Waals surface area (Å²) >= 11 is 0. The molecule has 4 aliphatic rings. The van der Waals surface area contributed by atoms with Crippen LogP contribution in [0.15, 0.2) is 12.7 Å². The van der Waals surface area contributed by atoms with Crippen molar-refractivity contribution in [2.24, 2.45) is 11.8 Å². The van der Waals surface area contributed by atoms with Crippen LogP contribution in [0.5, 0.6) is 0 Å². The van der Waals surface area contributed by atoms with Crippen molar-refractivity contribution < 1.29 is 0 Å². The third kappa shape index (κ3) is 0.369. The second kappa shape index (κ2) is 1.57. The van der Waals surface area contributed by atoms with Crippen molar-refractivity contribution in [3.05, 3.63) is 12.7 Å². The fraction of sp³-hybridized carbons (Fsp3) is 0.818. The van der Waals surface area contributed by atoms with Crippen LogP contribution in [0.2, 0.25) is 0 Å². The molecule has 0 aromatic rings. The van der Waals surface area contributed by atoms with E-state index in [1.165, 1.54) is 6.42 Å². The van der Waals surface area contributed by atoms with Crippen molar-refractivity contribution in [3.63, 3.8) is 0 Å². The van der Waals surface area contributed by atoms with Gasteiger partial charge in [-0.25, -0.2) is 0 Å². The van der Waals surface area contributed by atoms with Gasteiger partial charge in [0.15, 0.2) is 0 Å². The molecule has 12 heavy (non-hydrogen) atoms. The van der Waals surface area contributed by atoms with Crippen LogP contribution in [-0.2, 0) is 0 Å². The van der Waals surface area contributed by atoms with E-state index in [2.05, 4.69) is 33.2 Å². The zero-order chi connectivity index (χ0) is 8.78. The normalized spacial score (nSPS) is 71.6. The van der Waals surface area contributed by atoms with Crippen molar-refractivity contribution >= 4 is 7.26 Å². The summed E-state index contributed by atoms with van der Waals surface area (Å²) in [5, 5.41) is 1.39. The lowest BCUT2D eigenvalue weighted by molar-refractivity contribution is 0.444. The van der Waals surface area contributed by atoms with Gasteiger partial charge in [-0.2, -0.15) is 0 Å². The van der Waals surface area contributed by atoms with Crippen LogP contribution in [0.3, 0.4) is 0 Å². The summed E-state index contributed by atoms with van der Waals surface area (Å²) in [5.74, 6) is 2.06. The monoisotopic (exact) mass is 181 g/mol. The maximum Gasteiger partial charge on any atom is 0.137 e. The lowest BCUT2D eigenvalue weighted by Crippen LogP contribution is -2.19. The summed E-state index contributed by atoms with van der Waals surface area (Å²) in [4.78, 5) is 0. The Hall–Kier alpha value is 0.170. The van der Waals surface area contributed by atoms with Gasteiger partial charge in [-0.05, 0) is 13.0 Å². The summed E-state index contributed by atoms with van der Waals surface area (Å²) < 4.78 is 0. The smallest absolute Gasteiger partial charge is 0.0988 e. The average Bonchev–Trinajstić information content (AvgIpc) is 2.42. The molecule has 5 unspecified atom stereocenters. The van der Waals surface area contributed by atoms with Crippen molar-refractivity contribution in [2.45, 2.75) is 30.6 Å². The molecule has 1 heteroatoms. The molecule has 0 aromatic carbocycles. The summed E-state index contributed by atoms with van der Waals surface area (Å²) in [5.41, 5.74) is 0. The molecule has 0 spiro atoms. The first-order chi connectivity index (χ1) is 5.53.